The summed E-state index contributed by atoms with van der Waals surface area (Å²) in [6.45, 7) is 2.05. The number of amides is 2. The van der Waals surface area contributed by atoms with Crippen molar-refractivity contribution in [1.29, 1.82) is 0 Å². The highest BCUT2D eigenvalue weighted by atomic mass is 32.1. The highest BCUT2D eigenvalue weighted by molar-refractivity contribution is 7.09. The van der Waals surface area contributed by atoms with E-state index in [0.29, 0.717) is 18.8 Å². The van der Waals surface area contributed by atoms with Crippen molar-refractivity contribution >= 4 is 23.2 Å². The minimum atomic E-state index is -0.0626. The molecule has 0 aromatic carbocycles. The summed E-state index contributed by atoms with van der Waals surface area (Å²) in [4.78, 5) is 39.0. The zero-order valence-electron chi connectivity index (χ0n) is 15.1. The maximum atomic E-state index is 12.6. The van der Waals surface area contributed by atoms with Gasteiger partial charge in [0.05, 0.1) is 16.9 Å². The van der Waals surface area contributed by atoms with Crippen LogP contribution in [0.4, 0.5) is 0 Å². The molecule has 142 valence electrons. The first-order valence-electron chi connectivity index (χ1n) is 9.48. The quantitative estimate of drug-likeness (QED) is 0.822. The van der Waals surface area contributed by atoms with Crippen molar-refractivity contribution in [3.05, 3.63) is 40.4 Å². The highest BCUT2D eigenvalue weighted by Gasteiger charge is 2.29. The van der Waals surface area contributed by atoms with Crippen LogP contribution >= 0.6 is 11.3 Å². The van der Waals surface area contributed by atoms with Crippen LogP contribution in [0.25, 0.3) is 0 Å². The molecule has 2 aliphatic rings. The Morgan fingerprint density at radius 2 is 2.15 bits per heavy atom. The van der Waals surface area contributed by atoms with E-state index in [1.54, 1.807) is 23.7 Å². The van der Waals surface area contributed by atoms with Gasteiger partial charge in [0.25, 0.3) is 5.91 Å². The van der Waals surface area contributed by atoms with E-state index in [0.717, 1.165) is 49.4 Å². The molecule has 4 rings (SSSR count). The first kappa shape index (κ1) is 18.0. The Morgan fingerprint density at radius 3 is 2.93 bits per heavy atom. The Labute approximate surface area is 162 Å². The number of carbonyl (C=O) groups is 2. The van der Waals surface area contributed by atoms with Crippen molar-refractivity contribution in [2.45, 2.75) is 38.0 Å². The number of nitrogens with one attached hydrogen (secondary N) is 1. The summed E-state index contributed by atoms with van der Waals surface area (Å²) in [5.41, 5.74) is 1.41. The van der Waals surface area contributed by atoms with Crippen LogP contribution in [-0.4, -0.2) is 51.3 Å². The minimum Gasteiger partial charge on any atom is -0.355 e. The first-order chi connectivity index (χ1) is 13.2. The van der Waals surface area contributed by atoms with E-state index in [1.165, 1.54) is 6.20 Å². The molecule has 0 radical (unpaired) electrons. The Bertz CT molecular complexity index is 805. The summed E-state index contributed by atoms with van der Waals surface area (Å²) in [6.07, 6.45) is 9.44. The van der Waals surface area contributed by atoms with Crippen LogP contribution in [0, 0.1) is 5.92 Å². The predicted octanol–water partition coefficient (Wildman–Crippen LogP) is 2.02. The zero-order chi connectivity index (χ0) is 18.6. The minimum absolute atomic E-state index is 0.0626. The van der Waals surface area contributed by atoms with Crippen molar-refractivity contribution < 1.29 is 9.59 Å². The molecule has 1 saturated heterocycles. The molecular formula is C19H23N5O2S. The van der Waals surface area contributed by atoms with Gasteiger partial charge in [-0.05, 0) is 25.7 Å². The van der Waals surface area contributed by atoms with Gasteiger partial charge < -0.3 is 10.2 Å². The Kier molecular flexibility index (Phi) is 5.42. The summed E-state index contributed by atoms with van der Waals surface area (Å²) >= 11 is 1.65. The van der Waals surface area contributed by atoms with Crippen LogP contribution in [-0.2, 0) is 11.2 Å². The van der Waals surface area contributed by atoms with Gasteiger partial charge in [-0.1, -0.05) is 0 Å². The molecule has 7 nitrogen and oxygen atoms in total. The summed E-state index contributed by atoms with van der Waals surface area (Å²) in [6, 6.07) is 0. The van der Waals surface area contributed by atoms with Crippen LogP contribution in [0.5, 0.6) is 0 Å². The largest absolute Gasteiger partial charge is 0.355 e. The first-order valence-corrected chi connectivity index (χ1v) is 10.4. The molecule has 0 bridgehead atoms. The van der Waals surface area contributed by atoms with Gasteiger partial charge in [-0.15, -0.1) is 11.3 Å². The number of piperidine rings is 1. The van der Waals surface area contributed by atoms with Gasteiger partial charge in [0.2, 0.25) is 5.91 Å². The maximum absolute atomic E-state index is 12.6. The van der Waals surface area contributed by atoms with Gasteiger partial charge in [0.15, 0.2) is 0 Å². The molecule has 1 aliphatic carbocycles. The SMILES string of the molecule is O=C(NCCc1csc([C@@H]2CCCN(C(=O)c3cnccn3)C2)n1)C1CC1. The summed E-state index contributed by atoms with van der Waals surface area (Å²) in [5, 5.41) is 6.13. The smallest absolute Gasteiger partial charge is 0.274 e. The van der Waals surface area contributed by atoms with Crippen molar-refractivity contribution in [3.8, 4) is 0 Å². The standard InChI is InChI=1S/C19H23N5O2S/c25-17(13-3-4-13)22-6-5-15-12-27-18(23-15)14-2-1-9-24(11-14)19(26)16-10-20-7-8-21-16/h7-8,10,12-14H,1-6,9,11H2,(H,22,25)/t14-/m1/s1. The highest BCUT2D eigenvalue weighted by Crippen LogP contribution is 2.30. The molecule has 1 atom stereocenters. The van der Waals surface area contributed by atoms with Crippen molar-refractivity contribution in [3.63, 3.8) is 0 Å². The van der Waals surface area contributed by atoms with Crippen molar-refractivity contribution in [1.82, 2.24) is 25.2 Å². The molecule has 8 heteroatoms. The van der Waals surface area contributed by atoms with Crippen LogP contribution in [0.1, 0.15) is 52.8 Å². The molecule has 2 aromatic rings. The lowest BCUT2D eigenvalue weighted by Crippen LogP contribution is -2.39. The van der Waals surface area contributed by atoms with E-state index < -0.39 is 0 Å². The van der Waals surface area contributed by atoms with E-state index >= 15 is 0 Å². The second-order valence-corrected chi connectivity index (χ2v) is 8.06. The fourth-order valence-corrected chi connectivity index (χ4v) is 4.35. The number of hydrogen-bond donors (Lipinski definition) is 1. The number of carbonyl (C=O) groups excluding carboxylic acids is 2. The Balaban J connectivity index is 1.32. The van der Waals surface area contributed by atoms with Crippen LogP contribution in [0.3, 0.4) is 0 Å². The van der Waals surface area contributed by atoms with Gasteiger partial charge in [-0.3, -0.25) is 14.6 Å². The monoisotopic (exact) mass is 385 g/mol. The van der Waals surface area contributed by atoms with Gasteiger partial charge in [0, 0.05) is 55.7 Å². The van der Waals surface area contributed by atoms with Crippen molar-refractivity contribution in [2.75, 3.05) is 19.6 Å². The van der Waals surface area contributed by atoms with E-state index in [-0.39, 0.29) is 23.7 Å². The molecule has 3 heterocycles. The summed E-state index contributed by atoms with van der Waals surface area (Å²) < 4.78 is 0. The lowest BCUT2D eigenvalue weighted by molar-refractivity contribution is -0.122. The maximum Gasteiger partial charge on any atom is 0.274 e. The summed E-state index contributed by atoms with van der Waals surface area (Å²) in [5.74, 6) is 0.624. The number of hydrogen-bond acceptors (Lipinski definition) is 6. The zero-order valence-corrected chi connectivity index (χ0v) is 16.0. The van der Waals surface area contributed by atoms with Crippen LogP contribution in [0.15, 0.2) is 24.0 Å². The molecule has 2 aromatic heterocycles. The molecule has 2 amide bonds. The molecule has 0 unspecified atom stereocenters. The second-order valence-electron chi connectivity index (χ2n) is 7.17. The average Bonchev–Trinajstić information content (AvgIpc) is 3.47. The number of rotatable bonds is 6. The summed E-state index contributed by atoms with van der Waals surface area (Å²) in [7, 11) is 0. The third-order valence-corrected chi connectivity index (χ3v) is 6.09. The van der Waals surface area contributed by atoms with Crippen LogP contribution in [0.2, 0.25) is 0 Å². The normalized spacial score (nSPS) is 19.7. The van der Waals surface area contributed by atoms with Crippen LogP contribution < -0.4 is 5.32 Å². The number of likely N-dealkylation sites (tertiary alicyclic amines) is 1. The molecule has 2 fully saturated rings. The molecule has 27 heavy (non-hydrogen) atoms. The van der Waals surface area contributed by atoms with Gasteiger partial charge in [-0.25, -0.2) is 9.97 Å². The van der Waals surface area contributed by atoms with E-state index in [4.69, 9.17) is 4.98 Å². The van der Waals surface area contributed by atoms with Crippen molar-refractivity contribution in [2.24, 2.45) is 5.92 Å². The topological polar surface area (TPSA) is 88.1 Å². The van der Waals surface area contributed by atoms with Gasteiger partial charge in [-0.2, -0.15) is 0 Å². The molecular weight excluding hydrogens is 362 g/mol. The Morgan fingerprint density at radius 1 is 1.26 bits per heavy atom. The number of aromatic nitrogens is 3. The Hall–Kier alpha value is -2.35. The predicted molar refractivity (Wildman–Crippen MR) is 101 cm³/mol. The van der Waals surface area contributed by atoms with E-state index in [1.807, 2.05) is 4.90 Å². The molecule has 1 saturated carbocycles. The van der Waals surface area contributed by atoms with E-state index in [9.17, 15) is 9.59 Å². The van der Waals surface area contributed by atoms with E-state index in [2.05, 4.69) is 20.7 Å². The molecule has 1 aliphatic heterocycles. The molecule has 1 N–H and O–H groups in total. The number of thiazole rings is 1. The lowest BCUT2D eigenvalue weighted by Gasteiger charge is -2.31. The molecule has 0 spiro atoms. The third-order valence-electron chi connectivity index (χ3n) is 5.04. The number of nitrogens with zero attached hydrogens (tertiary/aromatic N) is 4. The lowest BCUT2D eigenvalue weighted by atomic mass is 9.98. The van der Waals surface area contributed by atoms with Gasteiger partial charge in [0.1, 0.15) is 5.69 Å². The second kappa shape index (κ2) is 8.12. The van der Waals surface area contributed by atoms with Gasteiger partial charge >= 0.3 is 0 Å². The fraction of sp³-hybridized carbons (Fsp3) is 0.526. The average molecular weight is 385 g/mol. The third kappa shape index (κ3) is 4.50. The fourth-order valence-electron chi connectivity index (χ4n) is 3.36.